The van der Waals surface area contributed by atoms with Gasteiger partial charge in [0.25, 0.3) is 5.91 Å². The molecule has 2 N–H and O–H groups in total. The van der Waals surface area contributed by atoms with Crippen LogP contribution >= 0.6 is 24.0 Å². The van der Waals surface area contributed by atoms with Gasteiger partial charge in [0.1, 0.15) is 5.69 Å². The zero-order valence-electron chi connectivity index (χ0n) is 9.44. The predicted molar refractivity (Wildman–Crippen MR) is 68.8 cm³/mol. The van der Waals surface area contributed by atoms with Crippen LogP contribution in [0.2, 0.25) is 5.02 Å². The van der Waals surface area contributed by atoms with E-state index in [1.54, 1.807) is 16.8 Å². The molecule has 1 aromatic heterocycles. The van der Waals surface area contributed by atoms with Gasteiger partial charge in [-0.15, -0.1) is 12.4 Å². The number of aryl methyl sites for hydroxylation is 1. The summed E-state index contributed by atoms with van der Waals surface area (Å²) in [5.74, 6) is 1.26. The van der Waals surface area contributed by atoms with Crippen molar-refractivity contribution in [3.05, 3.63) is 23.0 Å². The molecule has 0 aromatic carbocycles. The average Bonchev–Trinajstić information content (AvgIpc) is 2.66. The van der Waals surface area contributed by atoms with Gasteiger partial charge in [-0.2, -0.15) is 0 Å². The van der Waals surface area contributed by atoms with Crippen molar-refractivity contribution in [2.24, 2.45) is 18.9 Å². The molecule has 17 heavy (non-hydrogen) atoms. The summed E-state index contributed by atoms with van der Waals surface area (Å²) in [5, 5.41) is 6.97. The topological polar surface area (TPSA) is 46.1 Å². The highest BCUT2D eigenvalue weighted by Gasteiger charge is 2.53. The fourth-order valence-corrected chi connectivity index (χ4v) is 2.86. The summed E-state index contributed by atoms with van der Waals surface area (Å²) in [4.78, 5) is 11.9. The minimum absolute atomic E-state index is 0. The van der Waals surface area contributed by atoms with Crippen LogP contribution in [0.15, 0.2) is 12.3 Å². The number of piperidine rings is 1. The van der Waals surface area contributed by atoms with Gasteiger partial charge in [0, 0.05) is 32.4 Å². The van der Waals surface area contributed by atoms with Gasteiger partial charge in [0.2, 0.25) is 0 Å². The molecular formula is C11H15Cl2N3O. The van der Waals surface area contributed by atoms with Crippen molar-refractivity contribution < 1.29 is 4.79 Å². The van der Waals surface area contributed by atoms with Gasteiger partial charge in [-0.3, -0.25) is 4.79 Å². The van der Waals surface area contributed by atoms with Gasteiger partial charge in [0.15, 0.2) is 0 Å². The number of carbonyl (C=O) groups excluding carboxylic acids is 1. The summed E-state index contributed by atoms with van der Waals surface area (Å²) in [6.07, 6.45) is 1.74. The van der Waals surface area contributed by atoms with E-state index in [4.69, 9.17) is 11.6 Å². The van der Waals surface area contributed by atoms with Crippen molar-refractivity contribution in [2.45, 2.75) is 6.04 Å². The molecule has 1 saturated carbocycles. The summed E-state index contributed by atoms with van der Waals surface area (Å²) in [7, 11) is 1.83. The average molecular weight is 276 g/mol. The van der Waals surface area contributed by atoms with E-state index in [0.717, 1.165) is 13.1 Å². The molecule has 2 heterocycles. The molecule has 94 valence electrons. The Morgan fingerprint density at radius 3 is 2.71 bits per heavy atom. The molecule has 4 nitrogen and oxygen atoms in total. The Morgan fingerprint density at radius 2 is 2.18 bits per heavy atom. The van der Waals surface area contributed by atoms with Crippen molar-refractivity contribution in [3.63, 3.8) is 0 Å². The van der Waals surface area contributed by atoms with Crippen LogP contribution in [0, 0.1) is 11.8 Å². The lowest BCUT2D eigenvalue weighted by molar-refractivity contribution is 0.0938. The Balaban J connectivity index is 0.00000108. The van der Waals surface area contributed by atoms with Crippen LogP contribution in [-0.4, -0.2) is 29.6 Å². The van der Waals surface area contributed by atoms with E-state index in [1.807, 2.05) is 7.05 Å². The number of hydrogen-bond donors (Lipinski definition) is 2. The zero-order valence-corrected chi connectivity index (χ0v) is 11.0. The number of nitrogens with zero attached hydrogens (tertiary/aromatic N) is 1. The van der Waals surface area contributed by atoms with Crippen molar-refractivity contribution in [2.75, 3.05) is 13.1 Å². The quantitative estimate of drug-likeness (QED) is 0.848. The largest absolute Gasteiger partial charge is 0.347 e. The fourth-order valence-electron chi connectivity index (χ4n) is 2.61. The van der Waals surface area contributed by atoms with E-state index in [-0.39, 0.29) is 18.3 Å². The third kappa shape index (κ3) is 2.17. The number of nitrogens with one attached hydrogen (secondary N) is 2. The number of amides is 1. The summed E-state index contributed by atoms with van der Waals surface area (Å²) in [6.45, 7) is 2.06. The standard InChI is InChI=1S/C11H14ClN3O.ClH/c1-15-5-6(12)2-9(15)11(16)14-10-7-3-13-4-8(7)10;/h2,5,7-8,10,13H,3-4H2,1H3,(H,14,16);1H. The Bertz CT molecular complexity index is 436. The lowest BCUT2D eigenvalue weighted by Crippen LogP contribution is -2.33. The molecule has 1 aliphatic heterocycles. The van der Waals surface area contributed by atoms with Gasteiger partial charge in [0.05, 0.1) is 5.02 Å². The number of aromatic nitrogens is 1. The van der Waals surface area contributed by atoms with E-state index < -0.39 is 0 Å². The normalized spacial score (nSPS) is 29.4. The molecule has 2 fully saturated rings. The third-order valence-corrected chi connectivity index (χ3v) is 3.80. The molecule has 2 unspecified atom stereocenters. The lowest BCUT2D eigenvalue weighted by Gasteiger charge is -2.08. The predicted octanol–water partition coefficient (Wildman–Crippen LogP) is 1.05. The van der Waals surface area contributed by atoms with Crippen LogP contribution in [0.1, 0.15) is 10.5 Å². The third-order valence-electron chi connectivity index (χ3n) is 3.59. The first-order valence-electron chi connectivity index (χ1n) is 5.50. The van der Waals surface area contributed by atoms with Crippen LogP contribution < -0.4 is 10.6 Å². The second-order valence-corrected chi connectivity index (χ2v) is 5.08. The summed E-state index contributed by atoms with van der Waals surface area (Å²) < 4.78 is 1.76. The number of halogens is 2. The van der Waals surface area contributed by atoms with Crippen molar-refractivity contribution in [3.8, 4) is 0 Å². The number of rotatable bonds is 2. The molecule has 2 atom stereocenters. The van der Waals surface area contributed by atoms with E-state index in [9.17, 15) is 4.79 Å². The highest BCUT2D eigenvalue weighted by Crippen LogP contribution is 2.41. The van der Waals surface area contributed by atoms with Crippen molar-refractivity contribution in [1.29, 1.82) is 0 Å². The smallest absolute Gasteiger partial charge is 0.268 e. The summed E-state index contributed by atoms with van der Waals surface area (Å²) in [5.41, 5.74) is 0.628. The molecule has 0 spiro atoms. The van der Waals surface area contributed by atoms with Crippen molar-refractivity contribution >= 4 is 29.9 Å². The second-order valence-electron chi connectivity index (χ2n) is 4.64. The maximum Gasteiger partial charge on any atom is 0.268 e. The molecule has 2 aliphatic rings. The van der Waals surface area contributed by atoms with Crippen LogP contribution in [0.5, 0.6) is 0 Å². The van der Waals surface area contributed by atoms with E-state index in [2.05, 4.69) is 10.6 Å². The molecular weight excluding hydrogens is 261 g/mol. The molecule has 1 aliphatic carbocycles. The van der Waals surface area contributed by atoms with Crippen molar-refractivity contribution in [1.82, 2.24) is 15.2 Å². The number of fused-ring (bicyclic) bond motifs is 1. The Hall–Kier alpha value is -0.710. The van der Waals surface area contributed by atoms with Crippen LogP contribution in [0.3, 0.4) is 0 Å². The first-order chi connectivity index (χ1) is 7.66. The molecule has 0 bridgehead atoms. The van der Waals surface area contributed by atoms with Crippen LogP contribution in [0.4, 0.5) is 0 Å². The van der Waals surface area contributed by atoms with Crippen LogP contribution in [-0.2, 0) is 7.05 Å². The first-order valence-corrected chi connectivity index (χ1v) is 5.88. The Kier molecular flexibility index (Phi) is 3.39. The summed E-state index contributed by atoms with van der Waals surface area (Å²) >= 11 is 5.85. The molecule has 0 radical (unpaired) electrons. The minimum atomic E-state index is -0.0196. The monoisotopic (exact) mass is 275 g/mol. The van der Waals surface area contributed by atoms with Gasteiger partial charge in [-0.05, 0) is 17.9 Å². The fraction of sp³-hybridized carbons (Fsp3) is 0.545. The van der Waals surface area contributed by atoms with E-state index in [1.165, 1.54) is 0 Å². The Morgan fingerprint density at radius 1 is 1.53 bits per heavy atom. The maximum atomic E-state index is 11.9. The summed E-state index contributed by atoms with van der Waals surface area (Å²) in [6, 6.07) is 2.07. The maximum absolute atomic E-state index is 11.9. The number of hydrogen-bond acceptors (Lipinski definition) is 2. The van der Waals surface area contributed by atoms with E-state index >= 15 is 0 Å². The molecule has 1 amide bonds. The molecule has 1 aromatic rings. The van der Waals surface area contributed by atoms with Crippen LogP contribution in [0.25, 0.3) is 0 Å². The van der Waals surface area contributed by atoms with Gasteiger partial charge in [-0.1, -0.05) is 11.6 Å². The van der Waals surface area contributed by atoms with Gasteiger partial charge >= 0.3 is 0 Å². The Labute approximate surface area is 111 Å². The highest BCUT2D eigenvalue weighted by atomic mass is 35.5. The molecule has 1 saturated heterocycles. The zero-order chi connectivity index (χ0) is 11.3. The first kappa shape index (κ1) is 12.7. The minimum Gasteiger partial charge on any atom is -0.347 e. The lowest BCUT2D eigenvalue weighted by atomic mass is 10.3. The number of carbonyl (C=O) groups is 1. The second kappa shape index (κ2) is 4.52. The van der Waals surface area contributed by atoms with Gasteiger partial charge < -0.3 is 15.2 Å². The SMILES string of the molecule is Cl.Cn1cc(Cl)cc1C(=O)NC1C2CNCC21. The van der Waals surface area contributed by atoms with E-state index in [0.29, 0.717) is 28.6 Å². The van der Waals surface area contributed by atoms with Gasteiger partial charge in [-0.25, -0.2) is 0 Å². The molecule has 6 heteroatoms. The highest BCUT2D eigenvalue weighted by molar-refractivity contribution is 6.31. The molecule has 3 rings (SSSR count).